The number of nitrogens with zero attached hydrogens (tertiary/aromatic N) is 1. The fourth-order valence-corrected chi connectivity index (χ4v) is 5.21. The van der Waals surface area contributed by atoms with Gasteiger partial charge in [0.05, 0.1) is 11.4 Å². The van der Waals surface area contributed by atoms with Crippen molar-refractivity contribution in [3.8, 4) is 0 Å². The van der Waals surface area contributed by atoms with E-state index in [2.05, 4.69) is 10.6 Å². The molecule has 170 valence electrons. The summed E-state index contributed by atoms with van der Waals surface area (Å²) in [6.07, 6.45) is 0.637. The minimum Gasteiger partial charge on any atom is -0.343 e. The van der Waals surface area contributed by atoms with Crippen molar-refractivity contribution in [1.29, 1.82) is 0 Å². The third kappa shape index (κ3) is 5.42. The normalized spacial score (nSPS) is 13.7. The summed E-state index contributed by atoms with van der Waals surface area (Å²) >= 11 is 5.82. The monoisotopic (exact) mass is 483 g/mol. The van der Waals surface area contributed by atoms with Gasteiger partial charge in [-0.1, -0.05) is 41.9 Å². The second kappa shape index (κ2) is 9.74. The molecule has 4 rings (SSSR count). The van der Waals surface area contributed by atoms with Gasteiger partial charge in [0.15, 0.2) is 0 Å². The third-order valence-electron chi connectivity index (χ3n) is 5.37. The molecule has 0 unspecified atom stereocenters. The van der Waals surface area contributed by atoms with E-state index in [1.807, 2.05) is 24.3 Å². The number of sulfonamides is 1. The summed E-state index contributed by atoms with van der Waals surface area (Å²) in [7, 11) is -3.77. The number of amides is 2. The van der Waals surface area contributed by atoms with Crippen molar-refractivity contribution in [3.05, 3.63) is 94.5 Å². The van der Waals surface area contributed by atoms with Gasteiger partial charge in [-0.3, -0.25) is 9.59 Å². The number of anilines is 1. The molecule has 7 nitrogen and oxygen atoms in total. The summed E-state index contributed by atoms with van der Waals surface area (Å²) in [6.45, 7) is 0.405. The van der Waals surface area contributed by atoms with Crippen molar-refractivity contribution in [2.75, 3.05) is 18.4 Å². The van der Waals surface area contributed by atoms with Gasteiger partial charge in [0, 0.05) is 29.4 Å². The molecular weight excluding hydrogens is 462 g/mol. The molecule has 0 spiro atoms. The van der Waals surface area contributed by atoms with Crippen LogP contribution in [0.1, 0.15) is 21.5 Å². The van der Waals surface area contributed by atoms with Crippen molar-refractivity contribution in [3.63, 3.8) is 0 Å². The number of hydrogen-bond donors (Lipinski definition) is 2. The molecular formula is C24H22ClN3O4S. The highest BCUT2D eigenvalue weighted by atomic mass is 35.5. The first-order chi connectivity index (χ1) is 15.8. The van der Waals surface area contributed by atoms with Gasteiger partial charge in [-0.15, -0.1) is 0 Å². The van der Waals surface area contributed by atoms with Crippen LogP contribution >= 0.6 is 11.6 Å². The van der Waals surface area contributed by atoms with Crippen molar-refractivity contribution in [2.24, 2.45) is 0 Å². The fraction of sp³-hybridized carbons (Fsp3) is 0.167. The highest BCUT2D eigenvalue weighted by Crippen LogP contribution is 2.25. The summed E-state index contributed by atoms with van der Waals surface area (Å²) in [6, 6.07) is 20.2. The molecule has 1 aliphatic heterocycles. The maximum Gasteiger partial charge on any atom is 0.251 e. The van der Waals surface area contributed by atoms with Gasteiger partial charge in [-0.2, -0.15) is 4.31 Å². The SMILES string of the molecule is O=C(CNC(=O)c1cccc(S(=O)(=O)N2CCc3ccccc3C2)c1)Nc1ccc(Cl)cc1. The first kappa shape index (κ1) is 23.0. The molecule has 0 bridgehead atoms. The number of nitrogens with one attached hydrogen (secondary N) is 2. The van der Waals surface area contributed by atoms with Gasteiger partial charge >= 0.3 is 0 Å². The standard InChI is InChI=1S/C24H22ClN3O4S/c25-20-8-10-21(11-9-20)27-23(29)15-26-24(30)18-6-3-7-22(14-18)33(31,32)28-13-12-17-4-1-2-5-19(17)16-28/h1-11,14H,12-13,15-16H2,(H,26,30)(H,27,29). The molecule has 0 aliphatic carbocycles. The lowest BCUT2D eigenvalue weighted by Crippen LogP contribution is -2.36. The number of carbonyl (C=O) groups is 2. The average molecular weight is 484 g/mol. The van der Waals surface area contributed by atoms with E-state index in [1.165, 1.54) is 28.6 Å². The zero-order valence-electron chi connectivity index (χ0n) is 17.6. The Kier molecular flexibility index (Phi) is 6.78. The fourth-order valence-electron chi connectivity index (χ4n) is 3.62. The van der Waals surface area contributed by atoms with E-state index in [4.69, 9.17) is 11.6 Å². The van der Waals surface area contributed by atoms with Crippen LogP contribution in [0.4, 0.5) is 5.69 Å². The van der Waals surface area contributed by atoms with Gasteiger partial charge < -0.3 is 10.6 Å². The molecule has 0 radical (unpaired) electrons. The first-order valence-corrected chi connectivity index (χ1v) is 12.2. The van der Waals surface area contributed by atoms with Gasteiger partial charge in [0.2, 0.25) is 15.9 Å². The Morgan fingerprint density at radius 1 is 0.939 bits per heavy atom. The zero-order chi connectivity index (χ0) is 23.4. The summed E-state index contributed by atoms with van der Waals surface area (Å²) < 4.78 is 27.8. The summed E-state index contributed by atoms with van der Waals surface area (Å²) in [5.74, 6) is -0.955. The Balaban J connectivity index is 1.41. The highest BCUT2D eigenvalue weighted by molar-refractivity contribution is 7.89. The summed E-state index contributed by atoms with van der Waals surface area (Å²) in [5.41, 5.74) is 2.84. The van der Waals surface area contributed by atoms with Crippen LogP contribution in [0.2, 0.25) is 5.02 Å². The lowest BCUT2D eigenvalue weighted by atomic mass is 10.0. The highest BCUT2D eigenvalue weighted by Gasteiger charge is 2.28. The van der Waals surface area contributed by atoms with E-state index in [0.717, 1.165) is 11.1 Å². The Morgan fingerprint density at radius 3 is 2.42 bits per heavy atom. The topological polar surface area (TPSA) is 95.6 Å². The van der Waals surface area contributed by atoms with Gasteiger partial charge in [0.1, 0.15) is 0 Å². The van der Waals surface area contributed by atoms with E-state index >= 15 is 0 Å². The molecule has 2 N–H and O–H groups in total. The van der Waals surface area contributed by atoms with E-state index < -0.39 is 21.8 Å². The number of fused-ring (bicyclic) bond motifs is 1. The maximum atomic E-state index is 13.2. The maximum absolute atomic E-state index is 13.2. The average Bonchev–Trinajstić information content (AvgIpc) is 2.83. The van der Waals surface area contributed by atoms with Crippen molar-refractivity contribution in [2.45, 2.75) is 17.9 Å². The smallest absolute Gasteiger partial charge is 0.251 e. The van der Waals surface area contributed by atoms with E-state index in [-0.39, 0.29) is 17.0 Å². The molecule has 0 aromatic heterocycles. The molecule has 0 fully saturated rings. The lowest BCUT2D eigenvalue weighted by molar-refractivity contribution is -0.115. The molecule has 1 heterocycles. The Morgan fingerprint density at radius 2 is 1.67 bits per heavy atom. The molecule has 3 aromatic rings. The van der Waals surface area contributed by atoms with Crippen LogP contribution in [0.3, 0.4) is 0 Å². The van der Waals surface area contributed by atoms with E-state index in [9.17, 15) is 18.0 Å². The number of carbonyl (C=O) groups excluding carboxylic acids is 2. The number of benzene rings is 3. The Bertz CT molecular complexity index is 1290. The van der Waals surface area contributed by atoms with Crippen LogP contribution in [-0.4, -0.2) is 37.6 Å². The Hall–Kier alpha value is -3.20. The van der Waals surface area contributed by atoms with Crippen LogP contribution in [0, 0.1) is 0 Å². The molecule has 0 saturated carbocycles. The predicted molar refractivity (Wildman–Crippen MR) is 127 cm³/mol. The van der Waals surface area contributed by atoms with Crippen molar-refractivity contribution < 1.29 is 18.0 Å². The quantitative estimate of drug-likeness (QED) is 0.561. The van der Waals surface area contributed by atoms with Gasteiger partial charge in [-0.25, -0.2) is 8.42 Å². The predicted octanol–water partition coefficient (Wildman–Crippen LogP) is 3.46. The van der Waals surface area contributed by atoms with Crippen LogP contribution in [0.5, 0.6) is 0 Å². The lowest BCUT2D eigenvalue weighted by Gasteiger charge is -2.28. The minimum absolute atomic E-state index is 0.0418. The van der Waals surface area contributed by atoms with Crippen LogP contribution in [-0.2, 0) is 27.8 Å². The second-order valence-corrected chi connectivity index (χ2v) is 10.00. The van der Waals surface area contributed by atoms with E-state index in [0.29, 0.717) is 30.2 Å². The first-order valence-electron chi connectivity index (χ1n) is 10.3. The van der Waals surface area contributed by atoms with E-state index in [1.54, 1.807) is 24.3 Å². The Labute approximate surface area is 197 Å². The molecule has 33 heavy (non-hydrogen) atoms. The summed E-state index contributed by atoms with van der Waals surface area (Å²) in [5, 5.41) is 5.71. The molecule has 0 atom stereocenters. The van der Waals surface area contributed by atoms with Crippen LogP contribution in [0.25, 0.3) is 0 Å². The van der Waals surface area contributed by atoms with Crippen molar-refractivity contribution >= 4 is 39.1 Å². The molecule has 0 saturated heterocycles. The summed E-state index contributed by atoms with van der Waals surface area (Å²) in [4.78, 5) is 24.7. The third-order valence-corrected chi connectivity index (χ3v) is 7.46. The second-order valence-electron chi connectivity index (χ2n) is 7.62. The molecule has 3 aromatic carbocycles. The van der Waals surface area contributed by atoms with Gasteiger partial charge in [-0.05, 0) is 60.0 Å². The number of rotatable bonds is 6. The number of halogens is 1. The van der Waals surface area contributed by atoms with Crippen molar-refractivity contribution in [1.82, 2.24) is 9.62 Å². The minimum atomic E-state index is -3.77. The zero-order valence-corrected chi connectivity index (χ0v) is 19.2. The van der Waals surface area contributed by atoms with Gasteiger partial charge in [0.25, 0.3) is 5.91 Å². The molecule has 9 heteroatoms. The number of hydrogen-bond acceptors (Lipinski definition) is 4. The molecule has 2 amide bonds. The van der Waals surface area contributed by atoms with Crippen LogP contribution < -0.4 is 10.6 Å². The van der Waals surface area contributed by atoms with Crippen LogP contribution in [0.15, 0.2) is 77.7 Å². The largest absolute Gasteiger partial charge is 0.343 e. The molecule has 1 aliphatic rings.